The van der Waals surface area contributed by atoms with Crippen LogP contribution in [-0.2, 0) is 22.7 Å². The van der Waals surface area contributed by atoms with E-state index in [1.165, 1.54) is 0 Å². The molecule has 10 rings (SSSR count). The van der Waals surface area contributed by atoms with Gasteiger partial charge in [0.25, 0.3) is 11.8 Å². The Balaban J connectivity index is 0.000000174. The van der Waals surface area contributed by atoms with Crippen LogP contribution in [-0.4, -0.2) is 138 Å². The van der Waals surface area contributed by atoms with Crippen LogP contribution in [0.2, 0.25) is 0 Å². The second-order valence-electron chi connectivity index (χ2n) is 19.1. The van der Waals surface area contributed by atoms with Crippen molar-refractivity contribution >= 4 is 69.0 Å². The smallest absolute Gasteiger partial charge is 0.273 e. The van der Waals surface area contributed by atoms with Crippen LogP contribution in [0.3, 0.4) is 0 Å². The van der Waals surface area contributed by atoms with Crippen LogP contribution in [0.15, 0.2) is 73.1 Å². The number of rotatable bonds is 10. The lowest BCUT2D eigenvalue weighted by atomic mass is 10.1. The number of anilines is 4. The van der Waals surface area contributed by atoms with Crippen LogP contribution >= 0.6 is 0 Å². The van der Waals surface area contributed by atoms with Gasteiger partial charge in [0.05, 0.1) is 24.1 Å². The van der Waals surface area contributed by atoms with E-state index >= 15 is 0 Å². The highest BCUT2D eigenvalue weighted by molar-refractivity contribution is 5.99. The topological polar surface area (TPSA) is 189 Å². The molecule has 4 aliphatic heterocycles. The lowest BCUT2D eigenvalue weighted by molar-refractivity contribution is -0.129. The van der Waals surface area contributed by atoms with Gasteiger partial charge in [-0.15, -0.1) is 0 Å². The third-order valence-electron chi connectivity index (χ3n) is 13.8. The summed E-state index contributed by atoms with van der Waals surface area (Å²) in [6.07, 6.45) is 3.59. The molecule has 0 unspecified atom stereocenters. The average molecular weight is 947 g/mol. The minimum atomic E-state index is -0.0616. The normalized spacial score (nSPS) is 16.7. The van der Waals surface area contributed by atoms with Crippen LogP contribution in [0.25, 0.3) is 21.8 Å². The van der Waals surface area contributed by atoms with Gasteiger partial charge in [0.15, 0.2) is 0 Å². The molecule has 0 spiro atoms. The van der Waals surface area contributed by atoms with Crippen LogP contribution in [0.5, 0.6) is 0 Å². The number of fused-ring (bicyclic) bond motifs is 4. The molecular weight excluding hydrogens is 885 g/mol. The molecule has 364 valence electrons. The number of pyridine rings is 2. The molecule has 4 aliphatic rings. The Bertz CT molecular complexity index is 2770. The first-order valence-electron chi connectivity index (χ1n) is 24.3. The molecular formula is C52H62N14O4. The molecule has 2 saturated heterocycles. The van der Waals surface area contributed by atoms with Crippen molar-refractivity contribution in [1.82, 2.24) is 49.5 Å². The Morgan fingerprint density at radius 1 is 0.529 bits per heavy atom. The summed E-state index contributed by atoms with van der Waals surface area (Å²) in [6, 6.07) is 20.5. The Morgan fingerprint density at radius 2 is 0.914 bits per heavy atom. The van der Waals surface area contributed by atoms with Gasteiger partial charge in [0.2, 0.25) is 23.7 Å². The number of hydrogen-bond acceptors (Lipinski definition) is 14. The number of amides is 4. The first-order chi connectivity index (χ1) is 33.6. The lowest BCUT2D eigenvalue weighted by Gasteiger charge is -2.34. The van der Waals surface area contributed by atoms with Crippen LogP contribution in [0.4, 0.5) is 23.5 Å². The highest BCUT2D eigenvalue weighted by Gasteiger charge is 2.37. The van der Waals surface area contributed by atoms with Gasteiger partial charge in [0, 0.05) is 125 Å². The summed E-state index contributed by atoms with van der Waals surface area (Å²) in [5.41, 5.74) is 6.74. The van der Waals surface area contributed by atoms with Crippen LogP contribution in [0.1, 0.15) is 111 Å². The van der Waals surface area contributed by atoms with Gasteiger partial charge < -0.3 is 40.0 Å². The maximum atomic E-state index is 13.2. The number of nitrogens with one attached hydrogen (secondary N) is 2. The molecule has 0 radical (unpaired) electrons. The molecule has 4 amide bonds. The fraction of sp³-hybridized carbons (Fsp3) is 0.423. The fourth-order valence-corrected chi connectivity index (χ4v) is 9.46. The maximum Gasteiger partial charge on any atom is 0.273 e. The van der Waals surface area contributed by atoms with Gasteiger partial charge in [-0.3, -0.25) is 29.1 Å². The van der Waals surface area contributed by atoms with E-state index in [1.807, 2.05) is 71.6 Å². The summed E-state index contributed by atoms with van der Waals surface area (Å²) in [5.74, 6) is 2.46. The summed E-state index contributed by atoms with van der Waals surface area (Å²) in [7, 11) is 0. The Morgan fingerprint density at radius 3 is 1.27 bits per heavy atom. The lowest BCUT2D eigenvalue weighted by Crippen LogP contribution is -2.48. The van der Waals surface area contributed by atoms with Crippen molar-refractivity contribution in [2.24, 2.45) is 0 Å². The summed E-state index contributed by atoms with van der Waals surface area (Å²) >= 11 is 0. The van der Waals surface area contributed by atoms with E-state index in [2.05, 4.69) is 80.6 Å². The summed E-state index contributed by atoms with van der Waals surface area (Å²) in [4.78, 5) is 89.4. The highest BCUT2D eigenvalue weighted by atomic mass is 16.2. The van der Waals surface area contributed by atoms with Crippen molar-refractivity contribution in [2.45, 2.75) is 92.6 Å². The summed E-state index contributed by atoms with van der Waals surface area (Å²) in [5, 5.41) is 9.30. The molecule has 2 fully saturated rings. The van der Waals surface area contributed by atoms with Crippen molar-refractivity contribution in [3.63, 3.8) is 0 Å². The standard InChI is InChI=1S/2C26H31N7O2/c2*1-16(2)33-15-21-23(25(33)35)29-26(32-12-10-31(11-13-32)18(4)34)30-24(21)28-17(3)19-7-8-22-20(14-19)6-5-9-27-22/h2*5-9,14,16-17H,10-13,15H2,1-4H3,(H,28,29,30)/t2*17-/m10/s1. The number of nitrogens with zero attached hydrogens (tertiary/aromatic N) is 12. The molecule has 18 nitrogen and oxygen atoms in total. The van der Waals surface area contributed by atoms with Gasteiger partial charge in [-0.1, -0.05) is 24.3 Å². The molecule has 6 aromatic rings. The minimum absolute atomic E-state index is 0.0378. The third-order valence-corrected chi connectivity index (χ3v) is 13.8. The number of benzene rings is 2. The van der Waals surface area contributed by atoms with Crippen LogP contribution in [0, 0.1) is 0 Å². The predicted molar refractivity (Wildman–Crippen MR) is 271 cm³/mol. The molecule has 70 heavy (non-hydrogen) atoms. The van der Waals surface area contributed by atoms with Crippen LogP contribution < -0.4 is 20.4 Å². The van der Waals surface area contributed by atoms with Crippen molar-refractivity contribution in [3.8, 4) is 0 Å². The number of hydrogen-bond donors (Lipinski definition) is 2. The molecule has 0 aliphatic carbocycles. The van der Waals surface area contributed by atoms with Gasteiger partial charge in [-0.05, 0) is 89.1 Å². The average Bonchev–Trinajstić information content (AvgIpc) is 3.90. The molecule has 2 aromatic carbocycles. The number of piperazine rings is 2. The zero-order valence-corrected chi connectivity index (χ0v) is 41.3. The highest BCUT2D eigenvalue weighted by Crippen LogP contribution is 2.35. The summed E-state index contributed by atoms with van der Waals surface area (Å²) < 4.78 is 0. The summed E-state index contributed by atoms with van der Waals surface area (Å²) in [6.45, 7) is 21.4. The monoisotopic (exact) mass is 947 g/mol. The molecule has 2 atom stereocenters. The van der Waals surface area contributed by atoms with Crippen molar-refractivity contribution in [1.29, 1.82) is 0 Å². The number of carbonyl (C=O) groups excluding carboxylic acids is 4. The second-order valence-corrected chi connectivity index (χ2v) is 19.1. The molecule has 0 saturated carbocycles. The zero-order valence-electron chi connectivity index (χ0n) is 41.3. The number of aromatic nitrogens is 6. The van der Waals surface area contributed by atoms with E-state index in [9.17, 15) is 19.2 Å². The maximum absolute atomic E-state index is 13.2. The van der Waals surface area contributed by atoms with Gasteiger partial charge in [-0.25, -0.2) is 9.97 Å². The van der Waals surface area contributed by atoms with E-state index < -0.39 is 0 Å². The molecule has 0 bridgehead atoms. The first-order valence-corrected chi connectivity index (χ1v) is 24.3. The third kappa shape index (κ3) is 9.71. The van der Waals surface area contributed by atoms with Crippen molar-refractivity contribution in [3.05, 3.63) is 107 Å². The van der Waals surface area contributed by atoms with Gasteiger partial charge in [0.1, 0.15) is 23.0 Å². The van der Waals surface area contributed by atoms with Gasteiger partial charge in [-0.2, -0.15) is 9.97 Å². The van der Waals surface area contributed by atoms with E-state index in [0.29, 0.717) is 100 Å². The Labute approximate surface area is 408 Å². The van der Waals surface area contributed by atoms with E-state index in [-0.39, 0.29) is 47.8 Å². The quantitative estimate of drug-likeness (QED) is 0.152. The molecule has 2 N–H and O–H groups in total. The molecule has 18 heteroatoms. The van der Waals surface area contributed by atoms with Crippen molar-refractivity contribution < 1.29 is 19.2 Å². The fourth-order valence-electron chi connectivity index (χ4n) is 9.46. The number of carbonyl (C=O) groups is 4. The van der Waals surface area contributed by atoms with E-state index in [4.69, 9.17) is 19.9 Å². The Hall–Kier alpha value is -7.50. The van der Waals surface area contributed by atoms with E-state index in [0.717, 1.165) is 44.1 Å². The van der Waals surface area contributed by atoms with E-state index in [1.54, 1.807) is 26.2 Å². The molecule has 8 heterocycles. The SMILES string of the molecule is CC(=O)N1CCN(c2nc(N[C@@H](C)c3ccc4ncccc4c3)c3c(n2)C(=O)N(C(C)C)C3)CC1.CC(=O)N1CCN(c2nc(N[C@H](C)c3ccc4ncccc4c3)c3c(n2)C(=O)N(C(C)C)C3)CC1. The second kappa shape index (κ2) is 19.8. The molecule has 4 aromatic heterocycles. The predicted octanol–water partition coefficient (Wildman–Crippen LogP) is 6.46. The van der Waals surface area contributed by atoms with Crippen molar-refractivity contribution in [2.75, 3.05) is 72.8 Å². The minimum Gasteiger partial charge on any atom is -0.363 e. The zero-order chi connectivity index (χ0) is 49.4. The first kappa shape index (κ1) is 47.6. The Kier molecular flexibility index (Phi) is 13.5. The van der Waals surface area contributed by atoms with Gasteiger partial charge >= 0.3 is 0 Å². The largest absolute Gasteiger partial charge is 0.363 e.